The molecule has 4 amide bonds. The van der Waals surface area contributed by atoms with Crippen LogP contribution in [0.5, 0.6) is 5.75 Å². The number of aliphatic hydroxyl groups is 1. The van der Waals surface area contributed by atoms with Crippen LogP contribution in [0.15, 0.2) is 24.3 Å². The number of phenols is 1. The van der Waals surface area contributed by atoms with Gasteiger partial charge in [-0.15, -0.1) is 0 Å². The Morgan fingerprint density at radius 2 is 1.62 bits per heavy atom. The molecule has 1 aromatic rings. The lowest BCUT2D eigenvalue weighted by molar-refractivity contribution is -0.144. The molecule has 0 saturated carbocycles. The van der Waals surface area contributed by atoms with E-state index in [1.54, 1.807) is 12.1 Å². The Bertz CT molecular complexity index is 843. The molecule has 176 valence electrons. The molecular weight excluding hydrogens is 426 g/mol. The van der Waals surface area contributed by atoms with Crippen molar-refractivity contribution in [2.24, 2.45) is 11.5 Å². The highest BCUT2D eigenvalue weighted by molar-refractivity contribution is 5.95. The van der Waals surface area contributed by atoms with Crippen molar-refractivity contribution in [3.8, 4) is 5.75 Å². The van der Waals surface area contributed by atoms with E-state index in [9.17, 15) is 34.2 Å². The molecule has 1 aromatic carbocycles. The number of carboxylic acid groups (broad SMARTS) is 1. The van der Waals surface area contributed by atoms with Crippen molar-refractivity contribution in [1.82, 2.24) is 16.0 Å². The zero-order valence-corrected chi connectivity index (χ0v) is 17.3. The number of aromatic hydroxyl groups is 1. The number of amides is 4. The maximum absolute atomic E-state index is 12.4. The molecule has 13 heteroatoms. The molecule has 0 aliphatic heterocycles. The molecule has 0 heterocycles. The molecule has 0 aromatic heterocycles. The minimum absolute atomic E-state index is 0.0390. The quantitative estimate of drug-likeness (QED) is 0.158. The highest BCUT2D eigenvalue weighted by Gasteiger charge is 2.28. The number of nitrogens with one attached hydrogen (secondary N) is 3. The zero-order chi connectivity index (χ0) is 24.4. The maximum atomic E-state index is 12.4. The second-order valence-corrected chi connectivity index (χ2v) is 7.05. The molecule has 0 aliphatic carbocycles. The standard InChI is InChI=1S/C19H27N5O8/c1-9(25)16(19(31)32)24-15(28)8-22-18(30)13(7-14(21)27)23-17(29)12(20)6-10-2-4-11(26)5-3-10/h2-5,9,12-13,16,25-26H,6-8,20H2,1H3,(H2,21,27)(H,22,30)(H,23,29)(H,24,28)(H,31,32). The lowest BCUT2D eigenvalue weighted by Crippen LogP contribution is -2.55. The summed E-state index contributed by atoms with van der Waals surface area (Å²) < 4.78 is 0. The van der Waals surface area contributed by atoms with Gasteiger partial charge in [-0.2, -0.15) is 0 Å². The average molecular weight is 453 g/mol. The van der Waals surface area contributed by atoms with Gasteiger partial charge in [0.25, 0.3) is 0 Å². The van der Waals surface area contributed by atoms with Crippen LogP contribution in [0.4, 0.5) is 0 Å². The van der Waals surface area contributed by atoms with Crippen molar-refractivity contribution in [3.63, 3.8) is 0 Å². The fraction of sp³-hybridized carbons (Fsp3) is 0.421. The molecule has 0 radical (unpaired) electrons. The normalized spacial score (nSPS) is 14.3. The van der Waals surface area contributed by atoms with Gasteiger partial charge in [-0.25, -0.2) is 4.79 Å². The highest BCUT2D eigenvalue weighted by atomic mass is 16.4. The summed E-state index contributed by atoms with van der Waals surface area (Å²) in [6.07, 6.45) is -1.88. The lowest BCUT2D eigenvalue weighted by atomic mass is 10.0. The molecule has 0 spiro atoms. The summed E-state index contributed by atoms with van der Waals surface area (Å²) in [7, 11) is 0. The molecule has 1 rings (SSSR count). The van der Waals surface area contributed by atoms with E-state index >= 15 is 0 Å². The number of carbonyl (C=O) groups is 5. The van der Waals surface area contributed by atoms with Crippen LogP contribution < -0.4 is 27.4 Å². The first-order valence-corrected chi connectivity index (χ1v) is 9.50. The Morgan fingerprint density at radius 1 is 1.03 bits per heavy atom. The topological polar surface area (TPSA) is 234 Å². The summed E-state index contributed by atoms with van der Waals surface area (Å²) in [4.78, 5) is 58.8. The number of primary amides is 1. The van der Waals surface area contributed by atoms with Crippen molar-refractivity contribution in [3.05, 3.63) is 29.8 Å². The van der Waals surface area contributed by atoms with Gasteiger partial charge in [-0.1, -0.05) is 12.1 Å². The Kier molecular flexibility index (Phi) is 10.1. The number of carboxylic acids is 1. The van der Waals surface area contributed by atoms with Crippen LogP contribution in [-0.4, -0.2) is 75.7 Å². The van der Waals surface area contributed by atoms with Crippen molar-refractivity contribution in [2.75, 3.05) is 6.54 Å². The molecule has 0 bridgehead atoms. The van der Waals surface area contributed by atoms with Gasteiger partial charge in [0.1, 0.15) is 11.8 Å². The Morgan fingerprint density at radius 3 is 2.12 bits per heavy atom. The summed E-state index contributed by atoms with van der Waals surface area (Å²) in [5, 5.41) is 34.1. The fourth-order valence-electron chi connectivity index (χ4n) is 2.57. The van der Waals surface area contributed by atoms with E-state index in [4.69, 9.17) is 16.6 Å². The van der Waals surface area contributed by atoms with E-state index in [2.05, 4.69) is 10.6 Å². The SMILES string of the molecule is CC(O)C(NC(=O)CNC(=O)C(CC(N)=O)NC(=O)C(N)Cc1ccc(O)cc1)C(=O)O. The monoisotopic (exact) mass is 453 g/mol. The summed E-state index contributed by atoms with van der Waals surface area (Å²) in [6, 6.07) is 1.86. The third kappa shape index (κ3) is 8.97. The second kappa shape index (κ2) is 12.2. The summed E-state index contributed by atoms with van der Waals surface area (Å²) in [5.74, 6) is -4.93. The molecular formula is C19H27N5O8. The van der Waals surface area contributed by atoms with Crippen LogP contribution >= 0.6 is 0 Å². The van der Waals surface area contributed by atoms with Gasteiger partial charge >= 0.3 is 5.97 Å². The van der Waals surface area contributed by atoms with Crippen LogP contribution in [0.1, 0.15) is 18.9 Å². The Hall–Kier alpha value is -3.71. The number of hydrogen-bond acceptors (Lipinski definition) is 8. The molecule has 0 aliphatic rings. The Labute approximate surface area is 183 Å². The number of hydrogen-bond donors (Lipinski definition) is 8. The fourth-order valence-corrected chi connectivity index (χ4v) is 2.57. The zero-order valence-electron chi connectivity index (χ0n) is 17.3. The van der Waals surface area contributed by atoms with E-state index < -0.39 is 66.8 Å². The second-order valence-electron chi connectivity index (χ2n) is 7.05. The first-order valence-electron chi connectivity index (χ1n) is 9.50. The molecule has 13 nitrogen and oxygen atoms in total. The first kappa shape index (κ1) is 26.3. The van der Waals surface area contributed by atoms with Crippen molar-refractivity contribution in [1.29, 1.82) is 0 Å². The third-order valence-electron chi connectivity index (χ3n) is 4.26. The van der Waals surface area contributed by atoms with Gasteiger partial charge in [-0.3, -0.25) is 19.2 Å². The smallest absolute Gasteiger partial charge is 0.328 e. The van der Waals surface area contributed by atoms with Gasteiger partial charge in [0.2, 0.25) is 23.6 Å². The van der Waals surface area contributed by atoms with E-state index in [1.165, 1.54) is 12.1 Å². The first-order chi connectivity index (χ1) is 14.9. The third-order valence-corrected chi connectivity index (χ3v) is 4.26. The largest absolute Gasteiger partial charge is 0.508 e. The van der Waals surface area contributed by atoms with Crippen LogP contribution in [-0.2, 0) is 30.4 Å². The summed E-state index contributed by atoms with van der Waals surface area (Å²) in [6.45, 7) is 0.484. The number of benzene rings is 1. The minimum atomic E-state index is -1.58. The molecule has 4 unspecified atom stereocenters. The minimum Gasteiger partial charge on any atom is -0.508 e. The molecule has 4 atom stereocenters. The van der Waals surface area contributed by atoms with E-state index in [-0.39, 0.29) is 12.2 Å². The van der Waals surface area contributed by atoms with Crippen LogP contribution in [0.3, 0.4) is 0 Å². The number of rotatable bonds is 12. The van der Waals surface area contributed by atoms with Gasteiger partial charge in [0.15, 0.2) is 6.04 Å². The van der Waals surface area contributed by atoms with Crippen molar-refractivity contribution in [2.45, 2.75) is 44.0 Å². The number of aliphatic hydroxyl groups excluding tert-OH is 1. The van der Waals surface area contributed by atoms with Gasteiger partial charge in [0.05, 0.1) is 25.1 Å². The van der Waals surface area contributed by atoms with Crippen molar-refractivity contribution < 1.29 is 39.3 Å². The predicted octanol–water partition coefficient (Wildman–Crippen LogP) is -3.31. The molecule has 0 fully saturated rings. The van der Waals surface area contributed by atoms with E-state index in [0.29, 0.717) is 5.56 Å². The van der Waals surface area contributed by atoms with Crippen molar-refractivity contribution >= 4 is 29.6 Å². The van der Waals surface area contributed by atoms with Crippen LogP contribution in [0.2, 0.25) is 0 Å². The predicted molar refractivity (Wildman–Crippen MR) is 110 cm³/mol. The van der Waals surface area contributed by atoms with Gasteiger partial charge < -0.3 is 42.7 Å². The van der Waals surface area contributed by atoms with Crippen LogP contribution in [0, 0.1) is 0 Å². The van der Waals surface area contributed by atoms with E-state index in [0.717, 1.165) is 6.92 Å². The molecule has 10 N–H and O–H groups in total. The number of phenolic OH excluding ortho intramolecular Hbond substituents is 1. The van der Waals surface area contributed by atoms with Gasteiger partial charge in [0, 0.05) is 0 Å². The molecule has 0 saturated heterocycles. The summed E-state index contributed by atoms with van der Waals surface area (Å²) in [5.41, 5.74) is 11.6. The number of nitrogens with two attached hydrogens (primary N) is 2. The van der Waals surface area contributed by atoms with Crippen LogP contribution in [0.25, 0.3) is 0 Å². The summed E-state index contributed by atoms with van der Waals surface area (Å²) >= 11 is 0. The maximum Gasteiger partial charge on any atom is 0.328 e. The Balaban J connectivity index is 2.69. The number of carbonyl (C=O) groups excluding carboxylic acids is 4. The average Bonchev–Trinajstić information content (AvgIpc) is 2.70. The van der Waals surface area contributed by atoms with E-state index in [1.807, 2.05) is 5.32 Å². The lowest BCUT2D eigenvalue weighted by Gasteiger charge is -2.20. The van der Waals surface area contributed by atoms with Gasteiger partial charge in [-0.05, 0) is 31.0 Å². The highest BCUT2D eigenvalue weighted by Crippen LogP contribution is 2.11. The number of aliphatic carboxylic acids is 1. The molecule has 32 heavy (non-hydrogen) atoms.